The van der Waals surface area contributed by atoms with Crippen LogP contribution in [0.1, 0.15) is 33.6 Å². The Kier molecular flexibility index (Phi) is 7.45. The number of benzene rings is 2. The first-order chi connectivity index (χ1) is 15.3. The topological polar surface area (TPSA) is 79.0 Å². The van der Waals surface area contributed by atoms with Crippen LogP contribution in [-0.4, -0.2) is 41.9 Å². The van der Waals surface area contributed by atoms with Crippen LogP contribution in [0, 0.1) is 11.7 Å². The van der Waals surface area contributed by atoms with Gasteiger partial charge in [-0.25, -0.2) is 14.1 Å². The van der Waals surface area contributed by atoms with Crippen molar-refractivity contribution in [3.63, 3.8) is 0 Å². The molecule has 1 aliphatic rings. The molecular formula is C24H28FN3O4. The number of imide groups is 1. The van der Waals surface area contributed by atoms with Crippen molar-refractivity contribution >= 4 is 29.2 Å². The van der Waals surface area contributed by atoms with Crippen molar-refractivity contribution in [1.29, 1.82) is 0 Å². The molecule has 0 spiro atoms. The Morgan fingerprint density at radius 3 is 2.50 bits per heavy atom. The average Bonchev–Trinajstić information content (AvgIpc) is 2.96. The highest BCUT2D eigenvalue weighted by molar-refractivity contribution is 6.22. The molecule has 1 atom stereocenters. The van der Waals surface area contributed by atoms with Gasteiger partial charge in [0, 0.05) is 12.2 Å². The molecule has 7 nitrogen and oxygen atoms in total. The largest absolute Gasteiger partial charge is 0.494 e. The Hall–Kier alpha value is -3.42. The van der Waals surface area contributed by atoms with E-state index in [2.05, 4.69) is 5.32 Å². The van der Waals surface area contributed by atoms with E-state index in [0.29, 0.717) is 24.6 Å². The maximum absolute atomic E-state index is 13.7. The first-order valence-electron chi connectivity index (χ1n) is 10.7. The molecule has 1 aliphatic heterocycles. The van der Waals surface area contributed by atoms with Crippen molar-refractivity contribution in [3.05, 3.63) is 54.3 Å². The van der Waals surface area contributed by atoms with Crippen LogP contribution < -0.4 is 15.0 Å². The summed E-state index contributed by atoms with van der Waals surface area (Å²) in [7, 11) is 0. The molecule has 0 aliphatic carbocycles. The Morgan fingerprint density at radius 2 is 1.88 bits per heavy atom. The molecule has 2 aromatic carbocycles. The summed E-state index contributed by atoms with van der Waals surface area (Å²) in [6.07, 6.45) is 0.698. The molecule has 2 aromatic rings. The lowest BCUT2D eigenvalue weighted by molar-refractivity contribution is -0.124. The molecule has 170 valence electrons. The van der Waals surface area contributed by atoms with Crippen LogP contribution >= 0.6 is 0 Å². The number of ether oxygens (including phenoxy) is 1. The van der Waals surface area contributed by atoms with Crippen molar-refractivity contribution in [2.45, 2.75) is 39.7 Å². The van der Waals surface area contributed by atoms with E-state index in [1.54, 1.807) is 24.3 Å². The van der Waals surface area contributed by atoms with Crippen LogP contribution in [0.4, 0.5) is 20.6 Å². The van der Waals surface area contributed by atoms with Gasteiger partial charge in [0.1, 0.15) is 17.6 Å². The smallest absolute Gasteiger partial charge is 0.332 e. The monoisotopic (exact) mass is 441 g/mol. The fourth-order valence-corrected chi connectivity index (χ4v) is 3.53. The molecule has 1 heterocycles. The molecule has 32 heavy (non-hydrogen) atoms. The van der Waals surface area contributed by atoms with Gasteiger partial charge in [-0.2, -0.15) is 0 Å². The first-order valence-corrected chi connectivity index (χ1v) is 10.7. The molecule has 0 saturated carbocycles. The van der Waals surface area contributed by atoms with E-state index in [4.69, 9.17) is 4.74 Å². The minimum absolute atomic E-state index is 0.0837. The summed E-state index contributed by atoms with van der Waals surface area (Å²) in [6, 6.07) is 10.7. The number of rotatable bonds is 9. The van der Waals surface area contributed by atoms with Crippen LogP contribution in [0.15, 0.2) is 48.5 Å². The fraction of sp³-hybridized carbons (Fsp3) is 0.375. The van der Waals surface area contributed by atoms with Crippen molar-refractivity contribution in [2.24, 2.45) is 5.92 Å². The minimum atomic E-state index is -0.958. The van der Waals surface area contributed by atoms with Crippen molar-refractivity contribution < 1.29 is 23.5 Å². The number of anilines is 2. The number of urea groups is 1. The lowest BCUT2D eigenvalue weighted by Crippen LogP contribution is -2.40. The van der Waals surface area contributed by atoms with Gasteiger partial charge >= 0.3 is 6.03 Å². The number of carbonyl (C=O) groups excluding carboxylic acids is 3. The van der Waals surface area contributed by atoms with Gasteiger partial charge in [-0.3, -0.25) is 9.59 Å². The van der Waals surface area contributed by atoms with Gasteiger partial charge in [-0.1, -0.05) is 26.8 Å². The zero-order chi connectivity index (χ0) is 23.3. The first kappa shape index (κ1) is 23.2. The quantitative estimate of drug-likeness (QED) is 0.584. The molecule has 1 saturated heterocycles. The molecule has 1 fully saturated rings. The molecule has 8 heteroatoms. The number of nitrogens with zero attached hydrogens (tertiary/aromatic N) is 2. The summed E-state index contributed by atoms with van der Waals surface area (Å²) in [5.74, 6) is -0.699. The van der Waals surface area contributed by atoms with E-state index in [1.165, 1.54) is 23.1 Å². The second kappa shape index (κ2) is 10.3. The minimum Gasteiger partial charge on any atom is -0.494 e. The van der Waals surface area contributed by atoms with Gasteiger partial charge in [0.2, 0.25) is 5.91 Å². The van der Waals surface area contributed by atoms with Crippen molar-refractivity contribution in [1.82, 2.24) is 4.90 Å². The van der Waals surface area contributed by atoms with Gasteiger partial charge in [0.25, 0.3) is 5.91 Å². The number of carbonyl (C=O) groups is 3. The summed E-state index contributed by atoms with van der Waals surface area (Å²) in [5, 5.41) is 2.76. The fourth-order valence-electron chi connectivity index (χ4n) is 3.53. The molecule has 0 unspecified atom stereocenters. The summed E-state index contributed by atoms with van der Waals surface area (Å²) in [6.45, 7) is 6.76. The summed E-state index contributed by atoms with van der Waals surface area (Å²) in [4.78, 5) is 41.1. The van der Waals surface area contributed by atoms with Gasteiger partial charge in [-0.15, -0.1) is 0 Å². The van der Waals surface area contributed by atoms with Crippen LogP contribution in [-0.2, 0) is 9.59 Å². The Balaban J connectivity index is 1.74. The lowest BCUT2D eigenvalue weighted by Gasteiger charge is -2.23. The van der Waals surface area contributed by atoms with Crippen LogP contribution in [0.25, 0.3) is 0 Å². The summed E-state index contributed by atoms with van der Waals surface area (Å²) in [5.41, 5.74) is 0.715. The summed E-state index contributed by atoms with van der Waals surface area (Å²) < 4.78 is 19.2. The predicted molar refractivity (Wildman–Crippen MR) is 120 cm³/mol. The third kappa shape index (κ3) is 5.43. The number of hydrogen-bond donors (Lipinski definition) is 1. The molecule has 0 radical (unpaired) electrons. The maximum atomic E-state index is 13.7. The molecule has 4 amide bonds. The number of halogens is 1. The SMILES string of the molecule is CCCOc1ccc(NC(=O)C[C@H]2C(=O)N(c3cccc(F)c3)C(=O)N2CC(C)C)cc1. The average molecular weight is 442 g/mol. The van der Waals surface area contributed by atoms with E-state index in [9.17, 15) is 18.8 Å². The van der Waals surface area contributed by atoms with E-state index in [1.807, 2.05) is 20.8 Å². The second-order valence-corrected chi connectivity index (χ2v) is 8.12. The molecular weight excluding hydrogens is 413 g/mol. The molecule has 3 rings (SSSR count). The van der Waals surface area contributed by atoms with Gasteiger partial charge < -0.3 is 15.0 Å². The molecule has 0 aromatic heterocycles. The number of nitrogens with one attached hydrogen (secondary N) is 1. The van der Waals surface area contributed by atoms with E-state index < -0.39 is 29.7 Å². The number of hydrogen-bond acceptors (Lipinski definition) is 4. The van der Waals surface area contributed by atoms with Gasteiger partial charge in [0.15, 0.2) is 0 Å². The highest BCUT2D eigenvalue weighted by Gasteiger charge is 2.46. The Bertz CT molecular complexity index is 977. The zero-order valence-electron chi connectivity index (χ0n) is 18.5. The zero-order valence-corrected chi connectivity index (χ0v) is 18.5. The van der Waals surface area contributed by atoms with Crippen LogP contribution in [0.3, 0.4) is 0 Å². The third-order valence-corrected chi connectivity index (χ3v) is 4.94. The molecule has 0 bridgehead atoms. The van der Waals surface area contributed by atoms with E-state index in [-0.39, 0.29) is 18.0 Å². The van der Waals surface area contributed by atoms with Crippen molar-refractivity contribution in [3.8, 4) is 5.75 Å². The maximum Gasteiger partial charge on any atom is 0.332 e. The van der Waals surface area contributed by atoms with Crippen LogP contribution in [0.2, 0.25) is 0 Å². The Morgan fingerprint density at radius 1 is 1.16 bits per heavy atom. The van der Waals surface area contributed by atoms with Gasteiger partial charge in [-0.05, 0) is 54.8 Å². The van der Waals surface area contributed by atoms with Crippen molar-refractivity contribution in [2.75, 3.05) is 23.4 Å². The highest BCUT2D eigenvalue weighted by Crippen LogP contribution is 2.28. The number of amides is 4. The standard InChI is InChI=1S/C24H28FN3O4/c1-4-12-32-20-10-8-18(9-11-20)26-22(29)14-21-23(30)28(19-7-5-6-17(25)13-19)24(31)27(21)15-16(2)3/h5-11,13,16,21H,4,12,14-15H2,1-3H3,(H,26,29)/t21-/m0/s1. The van der Waals surface area contributed by atoms with E-state index >= 15 is 0 Å². The van der Waals surface area contributed by atoms with Gasteiger partial charge in [0.05, 0.1) is 18.7 Å². The molecule has 1 N–H and O–H groups in total. The summed E-state index contributed by atoms with van der Waals surface area (Å²) >= 11 is 0. The predicted octanol–water partition coefficient (Wildman–Crippen LogP) is 4.44. The Labute approximate surface area is 187 Å². The highest BCUT2D eigenvalue weighted by atomic mass is 19.1. The normalized spacial score (nSPS) is 16.1. The van der Waals surface area contributed by atoms with Crippen LogP contribution in [0.5, 0.6) is 5.75 Å². The lowest BCUT2D eigenvalue weighted by atomic mass is 10.1. The third-order valence-electron chi connectivity index (χ3n) is 4.94. The van der Waals surface area contributed by atoms with E-state index in [0.717, 1.165) is 17.4 Å². The second-order valence-electron chi connectivity index (χ2n) is 8.12.